The third-order valence-corrected chi connectivity index (χ3v) is 10.3. The fourth-order valence-corrected chi connectivity index (χ4v) is 7.54. The van der Waals surface area contributed by atoms with Crippen LogP contribution in [-0.2, 0) is 25.6 Å². The van der Waals surface area contributed by atoms with Crippen molar-refractivity contribution in [3.63, 3.8) is 0 Å². The zero-order chi connectivity index (χ0) is 38.0. The van der Waals surface area contributed by atoms with Gasteiger partial charge in [0.1, 0.15) is 23.3 Å². The number of carbonyl (C=O) groups is 3. The Balaban J connectivity index is 0.00000240. The molecular formula is C42H61N7O6S4. The molecule has 2 aromatic heterocycles. The molecule has 4 aromatic rings. The van der Waals surface area contributed by atoms with Crippen LogP contribution >= 0.6 is 54.0 Å². The molecule has 2 fully saturated rings. The Morgan fingerprint density at radius 3 is 2.12 bits per heavy atom. The van der Waals surface area contributed by atoms with E-state index in [-0.39, 0.29) is 91.4 Å². The van der Waals surface area contributed by atoms with Crippen LogP contribution in [-0.4, -0.2) is 86.3 Å². The maximum absolute atomic E-state index is 13.9. The number of aromatic amines is 2. The van der Waals surface area contributed by atoms with Crippen molar-refractivity contribution in [3.05, 3.63) is 84.2 Å². The minimum absolute atomic E-state index is 0. The molecule has 3 aliphatic rings. The lowest BCUT2D eigenvalue weighted by molar-refractivity contribution is -0.135. The van der Waals surface area contributed by atoms with Gasteiger partial charge in [-0.3, -0.25) is 9.69 Å². The van der Waals surface area contributed by atoms with Crippen LogP contribution in [0.15, 0.2) is 66.9 Å². The minimum atomic E-state index is -0.781. The van der Waals surface area contributed by atoms with Crippen molar-refractivity contribution in [1.29, 1.82) is 0 Å². The zero-order valence-corrected chi connectivity index (χ0v) is 37.6. The normalized spacial score (nSPS) is 20.6. The number of hydrogen-bond acceptors (Lipinski definition) is 8. The van der Waals surface area contributed by atoms with Gasteiger partial charge in [-0.25, -0.2) is 19.6 Å². The van der Waals surface area contributed by atoms with Crippen molar-refractivity contribution < 1.29 is 28.6 Å². The van der Waals surface area contributed by atoms with E-state index in [4.69, 9.17) is 19.2 Å². The van der Waals surface area contributed by atoms with Gasteiger partial charge in [0.15, 0.2) is 0 Å². The van der Waals surface area contributed by atoms with Crippen molar-refractivity contribution in [1.82, 2.24) is 35.1 Å². The molecule has 2 bridgehead atoms. The van der Waals surface area contributed by atoms with Crippen molar-refractivity contribution in [2.24, 2.45) is 5.92 Å². The maximum atomic E-state index is 13.9. The molecule has 2 aromatic carbocycles. The van der Waals surface area contributed by atoms with Gasteiger partial charge < -0.3 is 34.4 Å². The first-order chi connectivity index (χ1) is 26.0. The number of amides is 3. The fourth-order valence-electron chi connectivity index (χ4n) is 7.54. The van der Waals surface area contributed by atoms with Gasteiger partial charge in [0, 0.05) is 24.6 Å². The zero-order valence-electron chi connectivity index (χ0n) is 33.6. The summed E-state index contributed by atoms with van der Waals surface area (Å²) in [6, 6.07) is 15.4. The average Bonchev–Trinajstić information content (AvgIpc) is 3.99. The Kier molecular flexibility index (Phi) is 19.1. The molecule has 4 atom stereocenters. The largest absolute Gasteiger partial charge is 0.453 e. The summed E-state index contributed by atoms with van der Waals surface area (Å²) in [5.41, 5.74) is 6.02. The molecule has 3 aliphatic heterocycles. The predicted molar refractivity (Wildman–Crippen MR) is 251 cm³/mol. The molecular weight excluding hydrogens is 827 g/mol. The number of H-pyrrole nitrogens is 2. The molecule has 3 N–H and O–H groups in total. The number of rotatable bonds is 5. The molecule has 59 heavy (non-hydrogen) atoms. The summed E-state index contributed by atoms with van der Waals surface area (Å²) in [5, 5.41) is 2.74. The molecule has 3 amide bonds. The highest BCUT2D eigenvalue weighted by Gasteiger charge is 2.39. The first-order valence-corrected chi connectivity index (χ1v) is 18.7. The lowest BCUT2D eigenvalue weighted by Gasteiger charge is -2.30. The van der Waals surface area contributed by atoms with Gasteiger partial charge in [-0.2, -0.15) is 54.0 Å². The van der Waals surface area contributed by atoms with Crippen LogP contribution in [0.5, 0.6) is 0 Å². The summed E-state index contributed by atoms with van der Waals surface area (Å²) in [6.07, 6.45) is 7.97. The van der Waals surface area contributed by atoms with Crippen LogP contribution in [0.2, 0.25) is 0 Å². The number of alkyl carbamates (subject to hydrolysis) is 1. The number of nitrogens with zero attached hydrogens (tertiary/aromatic N) is 4. The molecule has 0 aliphatic carbocycles. The van der Waals surface area contributed by atoms with Crippen LogP contribution in [0, 0.1) is 5.92 Å². The maximum Gasteiger partial charge on any atom is 0.410 e. The monoisotopic (exact) mass is 887 g/mol. The first kappa shape index (κ1) is 51.1. The van der Waals surface area contributed by atoms with E-state index in [9.17, 15) is 14.4 Å². The second-order valence-corrected chi connectivity index (χ2v) is 15.2. The summed E-state index contributed by atoms with van der Waals surface area (Å²) in [5.74, 6) is 1.04. The Bertz CT molecular complexity index is 2020. The summed E-state index contributed by atoms with van der Waals surface area (Å²) >= 11 is 0. The lowest BCUT2D eigenvalue weighted by atomic mass is 9.99. The van der Waals surface area contributed by atoms with E-state index in [1.54, 1.807) is 4.90 Å². The Labute approximate surface area is 375 Å². The molecule has 0 saturated carbocycles. The van der Waals surface area contributed by atoms with E-state index in [1.807, 2.05) is 50.9 Å². The van der Waals surface area contributed by atoms with E-state index >= 15 is 0 Å². The summed E-state index contributed by atoms with van der Waals surface area (Å²) < 4.78 is 16.5. The van der Waals surface area contributed by atoms with Crippen LogP contribution in [0.4, 0.5) is 9.59 Å². The highest BCUT2D eigenvalue weighted by molar-refractivity contribution is 7.59. The molecule has 5 heterocycles. The summed E-state index contributed by atoms with van der Waals surface area (Å²) in [6.45, 7) is 9.41. The number of ether oxygens (including phenoxy) is 3. The first-order valence-electron chi connectivity index (χ1n) is 18.7. The highest BCUT2D eigenvalue weighted by Crippen LogP contribution is 2.36. The number of likely N-dealkylation sites (tertiary alicyclic amines) is 1. The summed E-state index contributed by atoms with van der Waals surface area (Å²) in [4.78, 5) is 59.2. The number of benzene rings is 2. The molecule has 0 radical (unpaired) electrons. The predicted octanol–water partition coefficient (Wildman–Crippen LogP) is 8.40. The van der Waals surface area contributed by atoms with Crippen molar-refractivity contribution >= 4 is 72.1 Å². The molecule has 0 unspecified atom stereocenters. The van der Waals surface area contributed by atoms with Gasteiger partial charge in [0.2, 0.25) is 5.91 Å². The number of hydrogen-bond donors (Lipinski definition) is 3. The van der Waals surface area contributed by atoms with E-state index in [1.165, 1.54) is 7.11 Å². The van der Waals surface area contributed by atoms with Crippen LogP contribution in [0.1, 0.15) is 90.2 Å². The highest BCUT2D eigenvalue weighted by atomic mass is 32.1. The third kappa shape index (κ3) is 11.6. The molecule has 13 nitrogen and oxygen atoms in total. The van der Waals surface area contributed by atoms with Crippen molar-refractivity contribution in [3.8, 4) is 33.6 Å². The molecule has 2 saturated heterocycles. The number of fused-ring (bicyclic) bond motifs is 4. The quantitative estimate of drug-likeness (QED) is 0.169. The number of carbonyl (C=O) groups excluding carboxylic acids is 3. The fraction of sp³-hybridized carbons (Fsp3) is 0.452. The van der Waals surface area contributed by atoms with E-state index in [0.29, 0.717) is 32.1 Å². The van der Waals surface area contributed by atoms with Crippen LogP contribution < -0.4 is 5.32 Å². The number of imidazole rings is 2. The average molecular weight is 888 g/mol. The number of aromatic nitrogens is 4. The van der Waals surface area contributed by atoms with Crippen molar-refractivity contribution in [2.45, 2.75) is 91.1 Å². The van der Waals surface area contributed by atoms with Gasteiger partial charge in [-0.15, -0.1) is 0 Å². The van der Waals surface area contributed by atoms with Gasteiger partial charge in [0.05, 0.1) is 55.7 Å². The second kappa shape index (κ2) is 22.0. The number of nitrogens with one attached hydrogen (secondary N) is 3. The molecule has 17 heteroatoms. The van der Waals surface area contributed by atoms with E-state index in [0.717, 1.165) is 70.8 Å². The lowest BCUT2D eigenvalue weighted by Crippen LogP contribution is -2.51. The Hall–Kier alpha value is -4.03. The van der Waals surface area contributed by atoms with Gasteiger partial charge in [-0.05, 0) is 63.1 Å². The van der Waals surface area contributed by atoms with Gasteiger partial charge in [-0.1, -0.05) is 75.0 Å². The minimum Gasteiger partial charge on any atom is -0.453 e. The Morgan fingerprint density at radius 2 is 1.47 bits per heavy atom. The Morgan fingerprint density at radius 1 is 0.864 bits per heavy atom. The van der Waals surface area contributed by atoms with Gasteiger partial charge >= 0.3 is 12.2 Å². The summed E-state index contributed by atoms with van der Waals surface area (Å²) in [7, 11) is 1.29. The van der Waals surface area contributed by atoms with E-state index in [2.05, 4.69) is 68.8 Å². The van der Waals surface area contributed by atoms with Crippen LogP contribution in [0.3, 0.4) is 0 Å². The van der Waals surface area contributed by atoms with E-state index < -0.39 is 17.7 Å². The smallest absolute Gasteiger partial charge is 0.410 e. The second-order valence-electron chi connectivity index (χ2n) is 15.2. The SMILES string of the molecule is C.COC(=O)N[C@@H]1C(=O)N2CCC[C@H]2c2nc(-c3ccc(-c4ccc(-c5cnc([C@@H]6CCCN6C(=O)OC(C)(C)C)[nH]5)cc4)cc3)c([nH]2)COC/C=C/[C@@H]1C.S.S.S.S. The molecule has 0 spiro atoms. The third-order valence-electron chi connectivity index (χ3n) is 10.3. The topological polar surface area (TPSA) is 155 Å². The number of methoxy groups -OCH3 is 1. The van der Waals surface area contributed by atoms with Crippen LogP contribution in [0.25, 0.3) is 33.6 Å². The molecule has 7 rings (SSSR count). The van der Waals surface area contributed by atoms with Gasteiger partial charge in [0.25, 0.3) is 0 Å². The van der Waals surface area contributed by atoms with Crippen molar-refractivity contribution in [2.75, 3.05) is 26.8 Å². The standard InChI is InChI=1S/C41H49N7O6.CH4.4H2S/c1-25-9-8-22-53-24-31-35(45-37(44-31)33-11-6-20-47(33)38(49)34(25)46-39(50)52-5)29-18-14-27(15-19-29)26-12-16-28(17-13-26)30-23-42-36(43-30)32-10-7-21-48(32)40(51)54-41(2,3)4;;;;;/h8-9,12-19,23,25,32-34H,6-7,10-11,20-22,24H2,1-5H3,(H,42,43)(H,44,45)(H,46,50);1H4;4*1H2/b9-8+;;;;;/t25-,32-,33-,34-;;;;;/m0...../s1. The molecule has 324 valence electrons.